The van der Waals surface area contributed by atoms with Crippen LogP contribution in [0.25, 0.3) is 0 Å². The lowest BCUT2D eigenvalue weighted by Crippen LogP contribution is -2.50. The molecule has 0 aliphatic carbocycles. The highest BCUT2D eigenvalue weighted by molar-refractivity contribution is 5.87. The van der Waals surface area contributed by atoms with Gasteiger partial charge in [0.2, 0.25) is 11.8 Å². The predicted molar refractivity (Wildman–Crippen MR) is 57.1 cm³/mol. The molecule has 2 amide bonds. The SMILES string of the molecule is NCCCCC(=O)NC1CCCNC1=O. The third-order valence-electron chi connectivity index (χ3n) is 2.48. The first-order valence-corrected chi connectivity index (χ1v) is 5.51. The maximum atomic E-state index is 11.4. The molecular weight excluding hydrogens is 194 g/mol. The van der Waals surface area contributed by atoms with Gasteiger partial charge >= 0.3 is 0 Å². The van der Waals surface area contributed by atoms with Crippen molar-refractivity contribution in [3.8, 4) is 0 Å². The zero-order valence-electron chi connectivity index (χ0n) is 8.92. The molecule has 1 aliphatic rings. The molecule has 1 rings (SSSR count). The fourth-order valence-electron chi connectivity index (χ4n) is 1.61. The van der Waals surface area contributed by atoms with E-state index in [0.29, 0.717) is 13.0 Å². The molecule has 0 radical (unpaired) electrons. The molecule has 1 heterocycles. The van der Waals surface area contributed by atoms with E-state index in [2.05, 4.69) is 10.6 Å². The first-order chi connectivity index (χ1) is 7.24. The van der Waals surface area contributed by atoms with E-state index < -0.39 is 0 Å². The maximum absolute atomic E-state index is 11.4. The van der Waals surface area contributed by atoms with Gasteiger partial charge in [-0.1, -0.05) is 0 Å². The molecule has 86 valence electrons. The van der Waals surface area contributed by atoms with E-state index in [4.69, 9.17) is 5.73 Å². The number of carbonyl (C=O) groups excluding carboxylic acids is 2. The fraction of sp³-hybridized carbons (Fsp3) is 0.800. The molecule has 15 heavy (non-hydrogen) atoms. The highest BCUT2D eigenvalue weighted by Gasteiger charge is 2.22. The number of rotatable bonds is 5. The Morgan fingerprint density at radius 3 is 3.00 bits per heavy atom. The summed E-state index contributed by atoms with van der Waals surface area (Å²) in [5, 5.41) is 5.47. The minimum absolute atomic E-state index is 0.0505. The van der Waals surface area contributed by atoms with Crippen LogP contribution < -0.4 is 16.4 Å². The van der Waals surface area contributed by atoms with Crippen LogP contribution in [0, 0.1) is 0 Å². The van der Waals surface area contributed by atoms with Crippen LogP contribution in [-0.2, 0) is 9.59 Å². The van der Waals surface area contributed by atoms with Crippen LogP contribution in [-0.4, -0.2) is 30.9 Å². The van der Waals surface area contributed by atoms with Crippen LogP contribution in [0.4, 0.5) is 0 Å². The molecule has 0 aromatic heterocycles. The normalized spacial score (nSPS) is 20.9. The van der Waals surface area contributed by atoms with Crippen molar-refractivity contribution in [1.82, 2.24) is 10.6 Å². The lowest BCUT2D eigenvalue weighted by molar-refractivity contribution is -0.130. The topological polar surface area (TPSA) is 84.2 Å². The summed E-state index contributed by atoms with van der Waals surface area (Å²) in [4.78, 5) is 22.7. The van der Waals surface area contributed by atoms with E-state index in [-0.39, 0.29) is 17.9 Å². The van der Waals surface area contributed by atoms with Crippen molar-refractivity contribution in [2.75, 3.05) is 13.1 Å². The highest BCUT2D eigenvalue weighted by Crippen LogP contribution is 2.03. The number of amides is 2. The number of piperidine rings is 1. The summed E-state index contributed by atoms with van der Waals surface area (Å²) in [6.07, 6.45) is 3.77. The lowest BCUT2D eigenvalue weighted by Gasteiger charge is -2.22. The summed E-state index contributed by atoms with van der Waals surface area (Å²) in [5.41, 5.74) is 5.33. The van der Waals surface area contributed by atoms with E-state index in [1.165, 1.54) is 0 Å². The second-order valence-corrected chi connectivity index (χ2v) is 3.80. The molecule has 0 spiro atoms. The number of hydrogen-bond donors (Lipinski definition) is 3. The summed E-state index contributed by atoms with van der Waals surface area (Å²) in [6.45, 7) is 1.33. The summed E-state index contributed by atoms with van der Waals surface area (Å²) >= 11 is 0. The molecule has 1 fully saturated rings. The van der Waals surface area contributed by atoms with Gasteiger partial charge in [0.15, 0.2) is 0 Å². The number of nitrogens with one attached hydrogen (secondary N) is 2. The molecule has 5 heteroatoms. The zero-order chi connectivity index (χ0) is 11.1. The maximum Gasteiger partial charge on any atom is 0.242 e. The molecular formula is C10H19N3O2. The number of hydrogen-bond acceptors (Lipinski definition) is 3. The van der Waals surface area contributed by atoms with Gasteiger partial charge in [0, 0.05) is 13.0 Å². The second-order valence-electron chi connectivity index (χ2n) is 3.80. The Morgan fingerprint density at radius 1 is 1.53 bits per heavy atom. The number of nitrogens with two attached hydrogens (primary N) is 1. The molecule has 5 nitrogen and oxygen atoms in total. The summed E-state index contributed by atoms with van der Waals surface area (Å²) in [6, 6.07) is -0.330. The van der Waals surface area contributed by atoms with Crippen LogP contribution in [0.1, 0.15) is 32.1 Å². The number of unbranched alkanes of at least 4 members (excludes halogenated alkanes) is 1. The number of carbonyl (C=O) groups is 2. The Hall–Kier alpha value is -1.10. The van der Waals surface area contributed by atoms with E-state index in [1.807, 2.05) is 0 Å². The molecule has 0 aromatic carbocycles. The monoisotopic (exact) mass is 213 g/mol. The molecule has 1 saturated heterocycles. The summed E-state index contributed by atoms with van der Waals surface area (Å²) in [5.74, 6) is -0.112. The third-order valence-corrected chi connectivity index (χ3v) is 2.48. The summed E-state index contributed by atoms with van der Waals surface area (Å²) < 4.78 is 0. The molecule has 1 atom stereocenters. The first kappa shape index (κ1) is 12.0. The summed E-state index contributed by atoms with van der Waals surface area (Å²) in [7, 11) is 0. The average molecular weight is 213 g/mol. The smallest absolute Gasteiger partial charge is 0.242 e. The molecule has 4 N–H and O–H groups in total. The Balaban J connectivity index is 2.21. The van der Waals surface area contributed by atoms with Crippen LogP contribution in [0.5, 0.6) is 0 Å². The van der Waals surface area contributed by atoms with Gasteiger partial charge in [-0.05, 0) is 32.2 Å². The first-order valence-electron chi connectivity index (χ1n) is 5.51. The van der Waals surface area contributed by atoms with Crippen LogP contribution in [0.15, 0.2) is 0 Å². The third kappa shape index (κ3) is 4.29. The largest absolute Gasteiger partial charge is 0.354 e. The fourth-order valence-corrected chi connectivity index (χ4v) is 1.61. The van der Waals surface area contributed by atoms with Crippen LogP contribution in [0.2, 0.25) is 0 Å². The van der Waals surface area contributed by atoms with E-state index >= 15 is 0 Å². The van der Waals surface area contributed by atoms with Gasteiger partial charge in [-0.15, -0.1) is 0 Å². The van der Waals surface area contributed by atoms with Crippen molar-refractivity contribution in [2.45, 2.75) is 38.1 Å². The van der Waals surface area contributed by atoms with Gasteiger partial charge < -0.3 is 16.4 Å². The van der Waals surface area contributed by atoms with Gasteiger partial charge in [0.1, 0.15) is 6.04 Å². The average Bonchev–Trinajstić information content (AvgIpc) is 2.22. The zero-order valence-corrected chi connectivity index (χ0v) is 8.92. The standard InChI is InChI=1S/C10H19N3O2/c11-6-2-1-5-9(14)13-8-4-3-7-12-10(8)15/h8H,1-7,11H2,(H,12,15)(H,13,14). The van der Waals surface area contributed by atoms with Crippen LogP contribution >= 0.6 is 0 Å². The lowest BCUT2D eigenvalue weighted by atomic mass is 10.1. The molecule has 0 aromatic rings. The Bertz CT molecular complexity index is 231. The van der Waals surface area contributed by atoms with E-state index in [9.17, 15) is 9.59 Å². The minimum atomic E-state index is -0.330. The molecule has 1 aliphatic heterocycles. The van der Waals surface area contributed by atoms with Crippen molar-refractivity contribution in [3.63, 3.8) is 0 Å². The van der Waals surface area contributed by atoms with Crippen molar-refractivity contribution in [1.29, 1.82) is 0 Å². The van der Waals surface area contributed by atoms with Gasteiger partial charge in [0.05, 0.1) is 0 Å². The molecule has 0 bridgehead atoms. The van der Waals surface area contributed by atoms with Gasteiger partial charge in [-0.2, -0.15) is 0 Å². The highest BCUT2D eigenvalue weighted by atomic mass is 16.2. The molecule has 0 saturated carbocycles. The Morgan fingerprint density at radius 2 is 2.33 bits per heavy atom. The van der Waals surface area contributed by atoms with Gasteiger partial charge in [0.25, 0.3) is 0 Å². The second kappa shape index (κ2) is 6.40. The van der Waals surface area contributed by atoms with Crippen LogP contribution in [0.3, 0.4) is 0 Å². The van der Waals surface area contributed by atoms with E-state index in [1.54, 1.807) is 0 Å². The predicted octanol–water partition coefficient (Wildman–Crippen LogP) is -0.490. The quantitative estimate of drug-likeness (QED) is 0.539. The Labute approximate surface area is 89.8 Å². The van der Waals surface area contributed by atoms with Crippen molar-refractivity contribution < 1.29 is 9.59 Å². The Kier molecular flexibility index (Phi) is 5.10. The minimum Gasteiger partial charge on any atom is -0.354 e. The van der Waals surface area contributed by atoms with E-state index in [0.717, 1.165) is 32.2 Å². The van der Waals surface area contributed by atoms with Crippen molar-refractivity contribution in [2.24, 2.45) is 5.73 Å². The van der Waals surface area contributed by atoms with Crippen molar-refractivity contribution >= 4 is 11.8 Å². The van der Waals surface area contributed by atoms with Crippen molar-refractivity contribution in [3.05, 3.63) is 0 Å². The van der Waals surface area contributed by atoms with Gasteiger partial charge in [-0.25, -0.2) is 0 Å². The van der Waals surface area contributed by atoms with Gasteiger partial charge in [-0.3, -0.25) is 9.59 Å². The molecule has 1 unspecified atom stereocenters.